The van der Waals surface area contributed by atoms with Crippen LogP contribution in [0.2, 0.25) is 5.02 Å². The highest BCUT2D eigenvalue weighted by atomic mass is 35.5. The Kier molecular flexibility index (Phi) is 6.79. The van der Waals surface area contributed by atoms with Crippen molar-refractivity contribution in [1.29, 1.82) is 0 Å². The summed E-state index contributed by atoms with van der Waals surface area (Å²) in [7, 11) is 2.82. The molecule has 0 spiro atoms. The summed E-state index contributed by atoms with van der Waals surface area (Å²) in [5.41, 5.74) is 1.37. The number of ether oxygens (including phenoxy) is 3. The standard InChI is InChI=1S/C20H16ClNO5S2/c1-25-16-8-5-13(10-15(16)21)22-19(24)17(29-20(22)28)9-12-3-6-14(7-4-12)27-11-18(23)26-2/h3-10H,11H2,1-2H3/b17-9-. The average molecular weight is 450 g/mol. The van der Waals surface area contributed by atoms with E-state index >= 15 is 0 Å². The average Bonchev–Trinajstić information content (AvgIpc) is 3.00. The normalized spacial score (nSPS) is 15.0. The van der Waals surface area contributed by atoms with Crippen LogP contribution in [0, 0.1) is 0 Å². The van der Waals surface area contributed by atoms with Crippen molar-refractivity contribution in [2.75, 3.05) is 25.7 Å². The summed E-state index contributed by atoms with van der Waals surface area (Å²) in [6.45, 7) is -0.168. The second kappa shape index (κ2) is 9.30. The molecule has 0 atom stereocenters. The zero-order chi connectivity index (χ0) is 21.0. The number of carbonyl (C=O) groups is 2. The number of benzene rings is 2. The molecule has 0 bridgehead atoms. The van der Waals surface area contributed by atoms with Crippen LogP contribution in [0.25, 0.3) is 6.08 Å². The van der Waals surface area contributed by atoms with E-state index in [9.17, 15) is 9.59 Å². The summed E-state index contributed by atoms with van der Waals surface area (Å²) in [5, 5.41) is 0.394. The van der Waals surface area contributed by atoms with Crippen LogP contribution in [0.3, 0.4) is 0 Å². The predicted molar refractivity (Wildman–Crippen MR) is 118 cm³/mol. The van der Waals surface area contributed by atoms with Gasteiger partial charge in [0.1, 0.15) is 11.5 Å². The van der Waals surface area contributed by atoms with E-state index in [1.54, 1.807) is 48.5 Å². The summed E-state index contributed by atoms with van der Waals surface area (Å²) in [4.78, 5) is 25.9. The fourth-order valence-electron chi connectivity index (χ4n) is 2.50. The van der Waals surface area contributed by atoms with Crippen molar-refractivity contribution in [3.8, 4) is 11.5 Å². The number of hydrogen-bond acceptors (Lipinski definition) is 7. The number of thiocarbonyl (C=S) groups is 1. The van der Waals surface area contributed by atoms with Crippen molar-refractivity contribution in [1.82, 2.24) is 0 Å². The Labute approximate surface area is 182 Å². The Morgan fingerprint density at radius 3 is 2.55 bits per heavy atom. The van der Waals surface area contributed by atoms with Crippen molar-refractivity contribution in [2.24, 2.45) is 0 Å². The van der Waals surface area contributed by atoms with Gasteiger partial charge in [-0.05, 0) is 42.0 Å². The number of rotatable bonds is 6. The lowest BCUT2D eigenvalue weighted by Crippen LogP contribution is -2.27. The Balaban J connectivity index is 1.76. The first-order chi connectivity index (χ1) is 13.9. The zero-order valence-corrected chi connectivity index (χ0v) is 17.9. The van der Waals surface area contributed by atoms with Gasteiger partial charge in [0, 0.05) is 0 Å². The van der Waals surface area contributed by atoms with Crippen molar-refractivity contribution in [2.45, 2.75) is 0 Å². The first kappa shape index (κ1) is 21.2. The third-order valence-corrected chi connectivity index (χ3v) is 5.55. The second-order valence-electron chi connectivity index (χ2n) is 5.77. The van der Waals surface area contributed by atoms with Gasteiger partial charge in [-0.2, -0.15) is 0 Å². The second-order valence-corrected chi connectivity index (χ2v) is 7.85. The molecule has 0 unspecified atom stereocenters. The van der Waals surface area contributed by atoms with Crippen LogP contribution in [0.4, 0.5) is 5.69 Å². The van der Waals surface area contributed by atoms with E-state index in [4.69, 9.17) is 33.3 Å². The number of anilines is 1. The molecule has 1 saturated heterocycles. The summed E-state index contributed by atoms with van der Waals surface area (Å²) < 4.78 is 15.4. The molecule has 1 aliphatic rings. The Morgan fingerprint density at radius 2 is 1.93 bits per heavy atom. The van der Waals surface area contributed by atoms with Crippen LogP contribution < -0.4 is 14.4 Å². The van der Waals surface area contributed by atoms with Crippen molar-refractivity contribution < 1.29 is 23.8 Å². The SMILES string of the molecule is COC(=O)COc1ccc(/C=C2\SC(=S)N(c3ccc(OC)c(Cl)c3)C2=O)cc1. The monoisotopic (exact) mass is 449 g/mol. The van der Waals surface area contributed by atoms with Gasteiger partial charge in [-0.3, -0.25) is 9.69 Å². The number of hydrogen-bond donors (Lipinski definition) is 0. The van der Waals surface area contributed by atoms with E-state index in [0.717, 1.165) is 5.56 Å². The first-order valence-corrected chi connectivity index (χ1v) is 9.94. The maximum Gasteiger partial charge on any atom is 0.343 e. The quantitative estimate of drug-likeness (QED) is 0.370. The largest absolute Gasteiger partial charge is 0.495 e. The molecular formula is C20H16ClNO5S2. The van der Waals surface area contributed by atoms with E-state index in [0.29, 0.717) is 31.4 Å². The van der Waals surface area contributed by atoms with Gasteiger partial charge in [0.25, 0.3) is 5.91 Å². The smallest absolute Gasteiger partial charge is 0.343 e. The zero-order valence-electron chi connectivity index (χ0n) is 15.5. The molecule has 0 N–H and O–H groups in total. The number of thioether (sulfide) groups is 1. The minimum absolute atomic E-state index is 0.168. The van der Waals surface area contributed by atoms with Crippen LogP contribution in [0.15, 0.2) is 47.4 Å². The molecule has 1 fully saturated rings. The molecule has 9 heteroatoms. The van der Waals surface area contributed by atoms with E-state index < -0.39 is 5.97 Å². The fraction of sp³-hybridized carbons (Fsp3) is 0.150. The molecular weight excluding hydrogens is 434 g/mol. The molecule has 6 nitrogen and oxygen atoms in total. The van der Waals surface area contributed by atoms with Crippen LogP contribution in [-0.2, 0) is 14.3 Å². The fourth-order valence-corrected chi connectivity index (χ4v) is 4.05. The number of carbonyl (C=O) groups excluding carboxylic acids is 2. The van der Waals surface area contributed by atoms with Gasteiger partial charge in [-0.25, -0.2) is 4.79 Å². The Hall–Kier alpha value is -2.55. The molecule has 0 aliphatic carbocycles. The minimum Gasteiger partial charge on any atom is -0.495 e. The molecule has 2 aromatic rings. The van der Waals surface area contributed by atoms with Crippen LogP contribution in [0.5, 0.6) is 11.5 Å². The number of methoxy groups -OCH3 is 2. The molecule has 150 valence electrons. The van der Waals surface area contributed by atoms with Gasteiger partial charge < -0.3 is 14.2 Å². The van der Waals surface area contributed by atoms with Gasteiger partial charge in [0.2, 0.25) is 0 Å². The highest BCUT2D eigenvalue weighted by Gasteiger charge is 2.33. The molecule has 1 amide bonds. The summed E-state index contributed by atoms with van der Waals surface area (Å²) in [6.07, 6.45) is 1.74. The topological polar surface area (TPSA) is 65.1 Å². The molecule has 3 rings (SSSR count). The van der Waals surface area contributed by atoms with Crippen molar-refractivity contribution in [3.05, 3.63) is 58.0 Å². The molecule has 0 aromatic heterocycles. The van der Waals surface area contributed by atoms with Crippen LogP contribution in [0.1, 0.15) is 5.56 Å². The van der Waals surface area contributed by atoms with Crippen molar-refractivity contribution in [3.63, 3.8) is 0 Å². The minimum atomic E-state index is -0.462. The van der Waals surface area contributed by atoms with Crippen LogP contribution in [-0.4, -0.2) is 37.0 Å². The Bertz CT molecular complexity index is 991. The number of nitrogens with zero attached hydrogens (tertiary/aromatic N) is 1. The van der Waals surface area contributed by atoms with Gasteiger partial charge in [0.15, 0.2) is 10.9 Å². The lowest BCUT2D eigenvalue weighted by molar-refractivity contribution is -0.142. The maximum absolute atomic E-state index is 12.9. The molecule has 0 radical (unpaired) electrons. The van der Waals surface area contributed by atoms with Gasteiger partial charge >= 0.3 is 5.97 Å². The Morgan fingerprint density at radius 1 is 1.21 bits per heavy atom. The highest BCUT2D eigenvalue weighted by Crippen LogP contribution is 2.38. The molecule has 29 heavy (non-hydrogen) atoms. The number of esters is 1. The lowest BCUT2D eigenvalue weighted by atomic mass is 10.2. The van der Waals surface area contributed by atoms with Gasteiger partial charge in [-0.15, -0.1) is 0 Å². The predicted octanol–water partition coefficient (Wildman–Crippen LogP) is 4.31. The van der Waals surface area contributed by atoms with E-state index in [1.165, 1.54) is 30.9 Å². The molecule has 1 heterocycles. The summed E-state index contributed by atoms with van der Waals surface area (Å²) in [5.74, 6) is 0.350. The summed E-state index contributed by atoms with van der Waals surface area (Å²) >= 11 is 12.8. The third-order valence-electron chi connectivity index (χ3n) is 3.95. The number of halogens is 1. The number of amides is 1. The highest BCUT2D eigenvalue weighted by molar-refractivity contribution is 8.27. The third kappa shape index (κ3) is 4.90. The lowest BCUT2D eigenvalue weighted by Gasteiger charge is -2.15. The van der Waals surface area contributed by atoms with E-state index in [-0.39, 0.29) is 12.5 Å². The first-order valence-electron chi connectivity index (χ1n) is 8.34. The van der Waals surface area contributed by atoms with E-state index in [1.807, 2.05) is 0 Å². The van der Waals surface area contributed by atoms with Crippen molar-refractivity contribution >= 4 is 63.5 Å². The van der Waals surface area contributed by atoms with Gasteiger partial charge in [0.05, 0.1) is 29.8 Å². The van der Waals surface area contributed by atoms with Gasteiger partial charge in [-0.1, -0.05) is 47.7 Å². The molecule has 2 aromatic carbocycles. The summed E-state index contributed by atoms with van der Waals surface area (Å²) in [6, 6.07) is 12.0. The molecule has 1 aliphatic heterocycles. The maximum atomic E-state index is 12.9. The van der Waals surface area contributed by atoms with E-state index in [2.05, 4.69) is 4.74 Å². The van der Waals surface area contributed by atoms with Crippen LogP contribution >= 0.6 is 35.6 Å². The molecule has 0 saturated carbocycles.